The molecule has 7 nitrogen and oxygen atoms in total. The predicted octanol–water partition coefficient (Wildman–Crippen LogP) is -0.0363. The summed E-state index contributed by atoms with van der Waals surface area (Å²) in [7, 11) is 1.75. The maximum atomic E-state index is 11.6. The molecule has 0 aliphatic rings. The Kier molecular flexibility index (Phi) is 4.57. The number of hydrogen-bond donors (Lipinski definition) is 2. The van der Waals surface area contributed by atoms with Gasteiger partial charge in [-0.25, -0.2) is 10.1 Å². The number of hydrazine groups is 1. The van der Waals surface area contributed by atoms with E-state index in [0.29, 0.717) is 25.2 Å². The van der Waals surface area contributed by atoms with Crippen molar-refractivity contribution in [2.45, 2.75) is 19.4 Å². The van der Waals surface area contributed by atoms with Gasteiger partial charge in [0.2, 0.25) is 5.91 Å². The van der Waals surface area contributed by atoms with Gasteiger partial charge < -0.3 is 0 Å². The van der Waals surface area contributed by atoms with Gasteiger partial charge in [-0.15, -0.1) is 5.10 Å². The highest BCUT2D eigenvalue weighted by molar-refractivity contribution is 5.75. The van der Waals surface area contributed by atoms with E-state index in [4.69, 9.17) is 0 Å². The summed E-state index contributed by atoms with van der Waals surface area (Å²) in [5.74, 6) is 0.608. The molecule has 2 N–H and O–H groups in total. The molecule has 0 unspecified atom stereocenters. The Morgan fingerprint density at radius 3 is 2.79 bits per heavy atom. The summed E-state index contributed by atoms with van der Waals surface area (Å²) in [6.45, 7) is 0.595. The second kappa shape index (κ2) is 6.60. The summed E-state index contributed by atoms with van der Waals surface area (Å²) in [5.41, 5.74) is 6.65. The first-order valence-electron chi connectivity index (χ1n) is 6.02. The van der Waals surface area contributed by atoms with Gasteiger partial charge in [0.15, 0.2) is 5.82 Å². The van der Waals surface area contributed by atoms with Gasteiger partial charge in [0.25, 0.3) is 0 Å². The van der Waals surface area contributed by atoms with Crippen LogP contribution in [0.1, 0.15) is 17.8 Å². The molecule has 1 heterocycles. The first-order chi connectivity index (χ1) is 9.25. The normalized spacial score (nSPS) is 10.4. The van der Waals surface area contributed by atoms with Gasteiger partial charge in [0.05, 0.1) is 0 Å². The molecule has 1 aromatic carbocycles. The second-order valence-electron chi connectivity index (χ2n) is 4.11. The number of benzene rings is 1. The van der Waals surface area contributed by atoms with Crippen LogP contribution in [0.3, 0.4) is 0 Å². The number of rotatable bonds is 6. The Bertz CT molecular complexity index is 524. The van der Waals surface area contributed by atoms with Crippen molar-refractivity contribution in [1.82, 2.24) is 31.1 Å². The van der Waals surface area contributed by atoms with E-state index in [1.807, 2.05) is 30.3 Å². The van der Waals surface area contributed by atoms with Crippen molar-refractivity contribution in [1.29, 1.82) is 0 Å². The van der Waals surface area contributed by atoms with Crippen LogP contribution in [0.25, 0.3) is 0 Å². The number of tetrazole rings is 1. The van der Waals surface area contributed by atoms with E-state index < -0.39 is 0 Å². The summed E-state index contributed by atoms with van der Waals surface area (Å²) in [6.07, 6.45) is 0.859. The number of aryl methyl sites for hydroxylation is 2. The molecule has 0 radical (unpaired) electrons. The van der Waals surface area contributed by atoms with E-state index >= 15 is 0 Å². The molecule has 0 aliphatic carbocycles. The van der Waals surface area contributed by atoms with Gasteiger partial charge >= 0.3 is 0 Å². The third kappa shape index (κ3) is 4.14. The molecular weight excluding hydrogens is 244 g/mol. The lowest BCUT2D eigenvalue weighted by Gasteiger charge is -2.06. The zero-order valence-electron chi connectivity index (χ0n) is 10.7. The first kappa shape index (κ1) is 13.2. The van der Waals surface area contributed by atoms with E-state index in [2.05, 4.69) is 26.4 Å². The Morgan fingerprint density at radius 1 is 1.32 bits per heavy atom. The highest BCUT2D eigenvalue weighted by Gasteiger charge is 2.06. The van der Waals surface area contributed by atoms with Crippen molar-refractivity contribution in [2.75, 3.05) is 0 Å². The van der Waals surface area contributed by atoms with Crippen LogP contribution in [0.5, 0.6) is 0 Å². The molecule has 0 fully saturated rings. The SMILES string of the molecule is Cn1nnnc1CCC(=O)NNCc1ccccc1. The maximum Gasteiger partial charge on any atom is 0.234 e. The molecule has 0 aliphatic heterocycles. The molecule has 7 heteroatoms. The van der Waals surface area contributed by atoms with Crippen LogP contribution in [0.4, 0.5) is 0 Å². The fraction of sp³-hybridized carbons (Fsp3) is 0.333. The van der Waals surface area contributed by atoms with Crippen LogP contribution in [0.2, 0.25) is 0 Å². The van der Waals surface area contributed by atoms with Gasteiger partial charge in [0, 0.05) is 26.4 Å². The number of nitrogens with zero attached hydrogens (tertiary/aromatic N) is 4. The number of hydrogen-bond acceptors (Lipinski definition) is 5. The summed E-state index contributed by atoms with van der Waals surface area (Å²) in [4.78, 5) is 11.6. The van der Waals surface area contributed by atoms with Crippen LogP contribution >= 0.6 is 0 Å². The minimum Gasteiger partial charge on any atom is -0.291 e. The number of amides is 1. The van der Waals surface area contributed by atoms with Gasteiger partial charge in [0.1, 0.15) is 0 Å². The predicted molar refractivity (Wildman–Crippen MR) is 68.5 cm³/mol. The fourth-order valence-corrected chi connectivity index (χ4v) is 1.59. The van der Waals surface area contributed by atoms with E-state index in [0.717, 1.165) is 5.56 Å². The fourth-order valence-electron chi connectivity index (χ4n) is 1.59. The largest absolute Gasteiger partial charge is 0.291 e. The number of carbonyl (C=O) groups is 1. The molecule has 0 spiro atoms. The molecule has 1 aromatic heterocycles. The lowest BCUT2D eigenvalue weighted by molar-refractivity contribution is -0.122. The summed E-state index contributed by atoms with van der Waals surface area (Å²) in [6, 6.07) is 9.85. The molecule has 0 atom stereocenters. The molecule has 2 aromatic rings. The quantitative estimate of drug-likeness (QED) is 0.712. The van der Waals surface area contributed by atoms with E-state index in [1.54, 1.807) is 11.7 Å². The Hall–Kier alpha value is -2.28. The topological polar surface area (TPSA) is 84.7 Å². The van der Waals surface area contributed by atoms with Crippen LogP contribution in [0.15, 0.2) is 30.3 Å². The van der Waals surface area contributed by atoms with E-state index in [1.165, 1.54) is 0 Å². The summed E-state index contributed by atoms with van der Waals surface area (Å²) in [5, 5.41) is 11.0. The molecule has 19 heavy (non-hydrogen) atoms. The third-order valence-electron chi connectivity index (χ3n) is 2.65. The average molecular weight is 260 g/mol. The first-order valence-corrected chi connectivity index (χ1v) is 6.02. The molecule has 1 amide bonds. The van der Waals surface area contributed by atoms with Crippen LogP contribution in [-0.4, -0.2) is 26.1 Å². The Morgan fingerprint density at radius 2 is 2.11 bits per heavy atom. The lowest BCUT2D eigenvalue weighted by Crippen LogP contribution is -2.37. The van der Waals surface area contributed by atoms with Crippen molar-refractivity contribution >= 4 is 5.91 Å². The zero-order chi connectivity index (χ0) is 13.5. The lowest BCUT2D eigenvalue weighted by atomic mass is 10.2. The minimum absolute atomic E-state index is 0.0843. The summed E-state index contributed by atoms with van der Waals surface area (Å²) < 4.78 is 1.56. The molecule has 100 valence electrons. The molecule has 0 bridgehead atoms. The highest BCUT2D eigenvalue weighted by atomic mass is 16.2. The van der Waals surface area contributed by atoms with Crippen LogP contribution < -0.4 is 10.9 Å². The molecule has 2 rings (SSSR count). The van der Waals surface area contributed by atoms with Crippen molar-refractivity contribution in [2.24, 2.45) is 7.05 Å². The van der Waals surface area contributed by atoms with Crippen molar-refractivity contribution < 1.29 is 4.79 Å². The minimum atomic E-state index is -0.0843. The number of aromatic nitrogens is 4. The van der Waals surface area contributed by atoms with E-state index in [-0.39, 0.29) is 5.91 Å². The van der Waals surface area contributed by atoms with Crippen molar-refractivity contribution in [3.05, 3.63) is 41.7 Å². The monoisotopic (exact) mass is 260 g/mol. The maximum absolute atomic E-state index is 11.6. The second-order valence-corrected chi connectivity index (χ2v) is 4.11. The standard InChI is InChI=1S/C12H16N6O/c1-18-11(14-16-17-18)7-8-12(19)15-13-9-10-5-3-2-4-6-10/h2-6,13H,7-9H2,1H3,(H,15,19). The number of carbonyl (C=O) groups excluding carboxylic acids is 1. The van der Waals surface area contributed by atoms with Crippen LogP contribution in [0, 0.1) is 0 Å². The van der Waals surface area contributed by atoms with E-state index in [9.17, 15) is 4.79 Å². The van der Waals surface area contributed by atoms with Gasteiger partial charge in [-0.05, 0) is 16.0 Å². The molecule has 0 saturated heterocycles. The highest BCUT2D eigenvalue weighted by Crippen LogP contribution is 1.97. The Labute approximate surface area is 111 Å². The number of nitrogens with one attached hydrogen (secondary N) is 2. The van der Waals surface area contributed by atoms with Gasteiger partial charge in [-0.2, -0.15) is 0 Å². The van der Waals surface area contributed by atoms with Crippen LogP contribution in [-0.2, 0) is 24.8 Å². The van der Waals surface area contributed by atoms with Gasteiger partial charge in [-0.1, -0.05) is 30.3 Å². The van der Waals surface area contributed by atoms with Crippen molar-refractivity contribution in [3.63, 3.8) is 0 Å². The average Bonchev–Trinajstić information content (AvgIpc) is 2.83. The molecular formula is C12H16N6O. The zero-order valence-corrected chi connectivity index (χ0v) is 10.7. The van der Waals surface area contributed by atoms with Crippen molar-refractivity contribution in [3.8, 4) is 0 Å². The van der Waals surface area contributed by atoms with Gasteiger partial charge in [-0.3, -0.25) is 10.2 Å². The Balaban J connectivity index is 1.66. The third-order valence-corrected chi connectivity index (χ3v) is 2.65. The summed E-state index contributed by atoms with van der Waals surface area (Å²) >= 11 is 0. The molecule has 0 saturated carbocycles. The smallest absolute Gasteiger partial charge is 0.234 e.